The molecule has 0 bridgehead atoms. The van der Waals surface area contributed by atoms with E-state index in [1.54, 1.807) is 0 Å². The first-order valence-electron chi connectivity index (χ1n) is 5.33. The van der Waals surface area contributed by atoms with Crippen LogP contribution in [0.2, 0.25) is 0 Å². The molecule has 0 amide bonds. The van der Waals surface area contributed by atoms with Crippen molar-refractivity contribution >= 4 is 5.78 Å². The topological polar surface area (TPSA) is 17.1 Å². The zero-order valence-electron chi connectivity index (χ0n) is 8.44. The molecular formula is C12H18O. The second kappa shape index (κ2) is 2.97. The second-order valence-corrected chi connectivity index (χ2v) is 4.91. The number of hydrogen-bond acceptors (Lipinski definition) is 1. The Labute approximate surface area is 80.2 Å². The van der Waals surface area contributed by atoms with Gasteiger partial charge in [-0.2, -0.15) is 0 Å². The fourth-order valence-electron chi connectivity index (χ4n) is 3.02. The maximum atomic E-state index is 11.9. The Bertz CT molecular complexity index is 254. The number of carbonyl (C=O) groups is 1. The summed E-state index contributed by atoms with van der Waals surface area (Å²) >= 11 is 0. The monoisotopic (exact) mass is 178 g/mol. The number of hydrogen-bond donors (Lipinski definition) is 0. The standard InChI is InChI=1S/C12H18O/c1-9-7-10-5-3-4-6-11(13)12(10,2)8-9/h10H,1,3-8H2,2H3. The van der Waals surface area contributed by atoms with Gasteiger partial charge in [0.15, 0.2) is 0 Å². The Morgan fingerprint density at radius 1 is 1.46 bits per heavy atom. The van der Waals surface area contributed by atoms with Crippen LogP contribution in [0.5, 0.6) is 0 Å². The zero-order chi connectivity index (χ0) is 9.47. The van der Waals surface area contributed by atoms with E-state index >= 15 is 0 Å². The summed E-state index contributed by atoms with van der Waals surface area (Å²) in [6.45, 7) is 6.19. The molecule has 13 heavy (non-hydrogen) atoms. The molecule has 72 valence electrons. The highest BCUT2D eigenvalue weighted by molar-refractivity contribution is 5.86. The van der Waals surface area contributed by atoms with E-state index < -0.39 is 0 Å². The van der Waals surface area contributed by atoms with Crippen LogP contribution in [-0.4, -0.2) is 5.78 Å². The highest BCUT2D eigenvalue weighted by atomic mass is 16.1. The van der Waals surface area contributed by atoms with Gasteiger partial charge < -0.3 is 0 Å². The van der Waals surface area contributed by atoms with Crippen LogP contribution in [-0.2, 0) is 4.79 Å². The normalized spacial score (nSPS) is 40.2. The van der Waals surface area contributed by atoms with Gasteiger partial charge in [0.05, 0.1) is 0 Å². The molecule has 2 unspecified atom stereocenters. The average molecular weight is 178 g/mol. The molecule has 1 nitrogen and oxygen atoms in total. The molecule has 0 spiro atoms. The lowest BCUT2D eigenvalue weighted by Crippen LogP contribution is -2.29. The molecule has 0 aromatic heterocycles. The summed E-state index contributed by atoms with van der Waals surface area (Å²) in [7, 11) is 0. The maximum Gasteiger partial charge on any atom is 0.139 e. The lowest BCUT2D eigenvalue weighted by molar-refractivity contribution is -0.129. The smallest absolute Gasteiger partial charge is 0.139 e. The summed E-state index contributed by atoms with van der Waals surface area (Å²) < 4.78 is 0. The van der Waals surface area contributed by atoms with Crippen molar-refractivity contribution in [3.63, 3.8) is 0 Å². The molecule has 0 aromatic carbocycles. The lowest BCUT2D eigenvalue weighted by atomic mass is 9.75. The quantitative estimate of drug-likeness (QED) is 0.521. The van der Waals surface area contributed by atoms with Crippen LogP contribution < -0.4 is 0 Å². The van der Waals surface area contributed by atoms with Crippen LogP contribution in [0.3, 0.4) is 0 Å². The predicted molar refractivity (Wildman–Crippen MR) is 53.4 cm³/mol. The van der Waals surface area contributed by atoms with E-state index in [4.69, 9.17) is 0 Å². The van der Waals surface area contributed by atoms with Crippen LogP contribution in [0.15, 0.2) is 12.2 Å². The van der Waals surface area contributed by atoms with Crippen molar-refractivity contribution in [3.8, 4) is 0 Å². The maximum absolute atomic E-state index is 11.9. The third-order valence-electron chi connectivity index (χ3n) is 3.90. The molecule has 2 rings (SSSR count). The van der Waals surface area contributed by atoms with Crippen molar-refractivity contribution in [2.45, 2.75) is 45.4 Å². The van der Waals surface area contributed by atoms with E-state index in [9.17, 15) is 4.79 Å². The van der Waals surface area contributed by atoms with E-state index in [0.717, 1.165) is 25.7 Å². The first kappa shape index (κ1) is 8.98. The number of carbonyl (C=O) groups excluding carboxylic acids is 1. The van der Waals surface area contributed by atoms with Crippen molar-refractivity contribution in [1.29, 1.82) is 0 Å². The second-order valence-electron chi connectivity index (χ2n) is 4.91. The van der Waals surface area contributed by atoms with Gasteiger partial charge in [0.25, 0.3) is 0 Å². The summed E-state index contributed by atoms with van der Waals surface area (Å²) in [5, 5.41) is 0. The van der Waals surface area contributed by atoms with Gasteiger partial charge in [-0.1, -0.05) is 25.5 Å². The van der Waals surface area contributed by atoms with Crippen LogP contribution >= 0.6 is 0 Å². The summed E-state index contributed by atoms with van der Waals surface area (Å²) in [4.78, 5) is 11.9. The predicted octanol–water partition coefficient (Wildman–Crippen LogP) is 3.10. The first-order valence-corrected chi connectivity index (χ1v) is 5.33. The number of ketones is 1. The minimum Gasteiger partial charge on any atom is -0.299 e. The van der Waals surface area contributed by atoms with Gasteiger partial charge in [-0.05, 0) is 31.6 Å². The lowest BCUT2D eigenvalue weighted by Gasteiger charge is -2.27. The van der Waals surface area contributed by atoms with E-state index in [1.165, 1.54) is 18.4 Å². The molecule has 0 heterocycles. The third-order valence-corrected chi connectivity index (χ3v) is 3.90. The minimum absolute atomic E-state index is 0.0341. The van der Waals surface area contributed by atoms with Crippen molar-refractivity contribution < 1.29 is 4.79 Å². The summed E-state index contributed by atoms with van der Waals surface area (Å²) in [6.07, 6.45) is 6.44. The van der Waals surface area contributed by atoms with E-state index in [1.807, 2.05) is 0 Å². The first-order chi connectivity index (χ1) is 6.13. The molecule has 2 fully saturated rings. The van der Waals surface area contributed by atoms with Crippen molar-refractivity contribution in [3.05, 3.63) is 12.2 Å². The van der Waals surface area contributed by atoms with Gasteiger partial charge in [0, 0.05) is 11.8 Å². The van der Waals surface area contributed by atoms with Gasteiger partial charge >= 0.3 is 0 Å². The summed E-state index contributed by atoms with van der Waals surface area (Å²) in [5.41, 5.74) is 1.26. The van der Waals surface area contributed by atoms with Gasteiger partial charge in [-0.3, -0.25) is 4.79 Å². The highest BCUT2D eigenvalue weighted by Crippen LogP contribution is 2.50. The van der Waals surface area contributed by atoms with Gasteiger partial charge in [-0.25, -0.2) is 0 Å². The fraction of sp³-hybridized carbons (Fsp3) is 0.750. The summed E-state index contributed by atoms with van der Waals surface area (Å²) in [6, 6.07) is 0. The number of Topliss-reactive ketones (excluding diaryl/α,β-unsaturated/α-hetero) is 1. The Morgan fingerprint density at radius 2 is 2.23 bits per heavy atom. The van der Waals surface area contributed by atoms with Crippen molar-refractivity contribution in [2.75, 3.05) is 0 Å². The molecule has 2 saturated carbocycles. The molecule has 1 heteroatoms. The molecule has 2 atom stereocenters. The van der Waals surface area contributed by atoms with E-state index in [0.29, 0.717) is 11.7 Å². The van der Waals surface area contributed by atoms with Gasteiger partial charge in [0.2, 0.25) is 0 Å². The zero-order valence-corrected chi connectivity index (χ0v) is 8.44. The molecule has 2 aliphatic rings. The van der Waals surface area contributed by atoms with Crippen molar-refractivity contribution in [2.24, 2.45) is 11.3 Å². The minimum atomic E-state index is -0.0341. The van der Waals surface area contributed by atoms with Crippen LogP contribution in [0, 0.1) is 11.3 Å². The number of allylic oxidation sites excluding steroid dienone is 1. The van der Waals surface area contributed by atoms with Gasteiger partial charge in [-0.15, -0.1) is 0 Å². The fourth-order valence-corrected chi connectivity index (χ4v) is 3.02. The average Bonchev–Trinajstić information content (AvgIpc) is 2.29. The number of fused-ring (bicyclic) bond motifs is 1. The SMILES string of the molecule is C=C1CC2CCCCC(=O)C2(C)C1. The Kier molecular flexibility index (Phi) is 2.05. The van der Waals surface area contributed by atoms with Crippen LogP contribution in [0.4, 0.5) is 0 Å². The number of rotatable bonds is 0. The third kappa shape index (κ3) is 1.34. The Morgan fingerprint density at radius 3 is 3.00 bits per heavy atom. The molecule has 0 radical (unpaired) electrons. The largest absolute Gasteiger partial charge is 0.299 e. The Hall–Kier alpha value is -0.590. The molecule has 0 aliphatic heterocycles. The Balaban J connectivity index is 2.28. The molecule has 0 aromatic rings. The van der Waals surface area contributed by atoms with E-state index in [-0.39, 0.29) is 5.41 Å². The van der Waals surface area contributed by atoms with Crippen LogP contribution in [0.1, 0.15) is 45.4 Å². The summed E-state index contributed by atoms with van der Waals surface area (Å²) in [5.74, 6) is 1.10. The van der Waals surface area contributed by atoms with Crippen molar-refractivity contribution in [1.82, 2.24) is 0 Å². The molecule has 0 N–H and O–H groups in total. The molecule has 0 saturated heterocycles. The molecule has 2 aliphatic carbocycles. The molecular weight excluding hydrogens is 160 g/mol. The van der Waals surface area contributed by atoms with E-state index in [2.05, 4.69) is 13.5 Å². The van der Waals surface area contributed by atoms with Gasteiger partial charge in [0.1, 0.15) is 5.78 Å². The van der Waals surface area contributed by atoms with Crippen LogP contribution in [0.25, 0.3) is 0 Å². The highest BCUT2D eigenvalue weighted by Gasteiger charge is 2.46.